The van der Waals surface area contributed by atoms with Gasteiger partial charge in [-0.15, -0.1) is 0 Å². The second-order valence-corrected chi connectivity index (χ2v) is 5.19. The van der Waals surface area contributed by atoms with Gasteiger partial charge < -0.3 is 4.98 Å². The van der Waals surface area contributed by atoms with Gasteiger partial charge in [0.25, 0.3) is 0 Å². The monoisotopic (exact) mass is 250 g/mol. The largest absolute Gasteiger partial charge is 0.326 e. The van der Waals surface area contributed by atoms with Gasteiger partial charge >= 0.3 is 5.69 Å². The van der Waals surface area contributed by atoms with Crippen molar-refractivity contribution in [1.82, 2.24) is 9.55 Å². The van der Waals surface area contributed by atoms with Gasteiger partial charge in [0.1, 0.15) is 0 Å². The molecule has 17 heavy (non-hydrogen) atoms. The Kier molecular flexibility index (Phi) is 2.71. The second kappa shape index (κ2) is 4.22. The van der Waals surface area contributed by atoms with Crippen LogP contribution in [0.25, 0.3) is 11.0 Å². The van der Waals surface area contributed by atoms with Crippen molar-refractivity contribution in [1.29, 1.82) is 0 Å². The molecule has 90 valence electrons. The van der Waals surface area contributed by atoms with Gasteiger partial charge in [0.05, 0.1) is 11.0 Å². The third-order valence-corrected chi connectivity index (χ3v) is 3.85. The molecule has 0 unspecified atom stereocenters. The lowest BCUT2D eigenvalue weighted by molar-refractivity contribution is 0.353. The molecule has 2 aromatic rings. The third kappa shape index (κ3) is 1.89. The van der Waals surface area contributed by atoms with Gasteiger partial charge in [-0.1, -0.05) is 30.9 Å². The van der Waals surface area contributed by atoms with Gasteiger partial charge in [-0.2, -0.15) is 0 Å². The van der Waals surface area contributed by atoms with Crippen LogP contribution in [0.5, 0.6) is 0 Å². The summed E-state index contributed by atoms with van der Waals surface area (Å²) < 4.78 is 1.89. The molecule has 4 heteroatoms. The topological polar surface area (TPSA) is 37.8 Å². The normalized spacial score (nSPS) is 17.7. The van der Waals surface area contributed by atoms with Crippen LogP contribution in [-0.2, 0) is 0 Å². The zero-order valence-corrected chi connectivity index (χ0v) is 10.3. The number of nitrogens with zero attached hydrogens (tertiary/aromatic N) is 1. The fourth-order valence-electron chi connectivity index (χ4n) is 2.80. The molecule has 1 saturated carbocycles. The predicted octanol–water partition coefficient (Wildman–Crippen LogP) is 3.49. The molecule has 3 rings (SSSR count). The highest BCUT2D eigenvalue weighted by Crippen LogP contribution is 2.30. The number of fused-ring (bicyclic) bond motifs is 1. The van der Waals surface area contributed by atoms with Crippen LogP contribution in [0.3, 0.4) is 0 Å². The maximum Gasteiger partial charge on any atom is 0.326 e. The molecule has 1 aliphatic rings. The highest BCUT2D eigenvalue weighted by molar-refractivity contribution is 6.31. The summed E-state index contributed by atoms with van der Waals surface area (Å²) in [5.41, 5.74) is 1.81. The molecular weight excluding hydrogens is 236 g/mol. The SMILES string of the molecule is O=c1[nH]c2ccc(Cl)cc2n1C1CCCCC1. The number of aromatic nitrogens is 2. The summed E-state index contributed by atoms with van der Waals surface area (Å²) in [4.78, 5) is 14.9. The van der Waals surface area contributed by atoms with Crippen LogP contribution in [0.15, 0.2) is 23.0 Å². The van der Waals surface area contributed by atoms with Gasteiger partial charge in [-0.05, 0) is 31.0 Å². The average molecular weight is 251 g/mol. The van der Waals surface area contributed by atoms with Crippen LogP contribution in [0, 0.1) is 0 Å². The summed E-state index contributed by atoms with van der Waals surface area (Å²) in [6.45, 7) is 0. The van der Waals surface area contributed by atoms with Crippen molar-refractivity contribution in [2.24, 2.45) is 0 Å². The molecule has 1 heterocycles. The van der Waals surface area contributed by atoms with Crippen LogP contribution in [0.2, 0.25) is 5.02 Å². The van der Waals surface area contributed by atoms with Crippen LogP contribution >= 0.6 is 11.6 Å². The fourth-order valence-corrected chi connectivity index (χ4v) is 2.96. The first-order valence-electron chi connectivity index (χ1n) is 6.15. The van der Waals surface area contributed by atoms with Gasteiger partial charge in [0, 0.05) is 11.1 Å². The van der Waals surface area contributed by atoms with Gasteiger partial charge in [-0.3, -0.25) is 4.57 Å². The van der Waals surface area contributed by atoms with Crippen molar-refractivity contribution in [3.8, 4) is 0 Å². The molecule has 1 aromatic carbocycles. The first kappa shape index (κ1) is 10.9. The Morgan fingerprint density at radius 1 is 1.24 bits per heavy atom. The van der Waals surface area contributed by atoms with Crippen molar-refractivity contribution in [3.05, 3.63) is 33.7 Å². The maximum atomic E-state index is 12.0. The minimum Gasteiger partial charge on any atom is -0.306 e. The highest BCUT2D eigenvalue weighted by atomic mass is 35.5. The molecule has 0 aliphatic heterocycles. The minimum atomic E-state index is -0.00540. The van der Waals surface area contributed by atoms with E-state index in [4.69, 9.17) is 11.6 Å². The lowest BCUT2D eigenvalue weighted by Gasteiger charge is -2.22. The summed E-state index contributed by atoms with van der Waals surface area (Å²) in [6, 6.07) is 5.90. The summed E-state index contributed by atoms with van der Waals surface area (Å²) >= 11 is 6.01. The molecule has 0 atom stereocenters. The minimum absolute atomic E-state index is 0.00540. The van der Waals surface area contributed by atoms with Crippen LogP contribution < -0.4 is 5.69 Å². The fraction of sp³-hybridized carbons (Fsp3) is 0.462. The van der Waals surface area contributed by atoms with Crippen molar-refractivity contribution in [3.63, 3.8) is 0 Å². The Labute approximate surface area is 104 Å². The second-order valence-electron chi connectivity index (χ2n) is 4.75. The lowest BCUT2D eigenvalue weighted by Crippen LogP contribution is -2.23. The summed E-state index contributed by atoms with van der Waals surface area (Å²) in [7, 11) is 0. The predicted molar refractivity (Wildman–Crippen MR) is 69.7 cm³/mol. The third-order valence-electron chi connectivity index (χ3n) is 3.62. The quantitative estimate of drug-likeness (QED) is 0.827. The molecule has 0 radical (unpaired) electrons. The molecule has 0 saturated heterocycles. The van der Waals surface area contributed by atoms with E-state index < -0.39 is 0 Å². The molecule has 1 N–H and O–H groups in total. The van der Waals surface area contributed by atoms with E-state index in [1.54, 1.807) is 0 Å². The van der Waals surface area contributed by atoms with Crippen LogP contribution in [0.4, 0.5) is 0 Å². The zero-order valence-electron chi connectivity index (χ0n) is 9.58. The number of halogens is 1. The number of rotatable bonds is 1. The molecule has 1 fully saturated rings. The number of nitrogens with one attached hydrogen (secondary N) is 1. The standard InChI is InChI=1S/C13H15ClN2O/c14-9-6-7-11-12(8-9)16(13(17)15-11)10-4-2-1-3-5-10/h6-8,10H,1-5H2,(H,15,17). The number of aromatic amines is 1. The molecular formula is C13H15ClN2O. The molecule has 1 aliphatic carbocycles. The van der Waals surface area contributed by atoms with Crippen molar-refractivity contribution < 1.29 is 0 Å². The lowest BCUT2D eigenvalue weighted by atomic mass is 9.95. The van der Waals surface area contributed by atoms with E-state index in [1.165, 1.54) is 19.3 Å². The summed E-state index contributed by atoms with van der Waals surface area (Å²) in [5.74, 6) is 0. The van der Waals surface area contributed by atoms with Gasteiger partial charge in [0.15, 0.2) is 0 Å². The van der Waals surface area contributed by atoms with E-state index in [-0.39, 0.29) is 5.69 Å². The van der Waals surface area contributed by atoms with E-state index in [0.717, 1.165) is 23.9 Å². The van der Waals surface area contributed by atoms with E-state index in [2.05, 4.69) is 4.98 Å². The molecule has 1 aromatic heterocycles. The molecule has 0 spiro atoms. The Hall–Kier alpha value is -1.22. The Morgan fingerprint density at radius 3 is 2.76 bits per heavy atom. The molecule has 0 bridgehead atoms. The van der Waals surface area contributed by atoms with Gasteiger partial charge in [-0.25, -0.2) is 4.79 Å². The van der Waals surface area contributed by atoms with Crippen LogP contribution in [0.1, 0.15) is 38.1 Å². The summed E-state index contributed by atoms with van der Waals surface area (Å²) in [5, 5.41) is 0.682. The van der Waals surface area contributed by atoms with Crippen molar-refractivity contribution in [2.45, 2.75) is 38.1 Å². The number of H-pyrrole nitrogens is 1. The number of hydrogen-bond acceptors (Lipinski definition) is 1. The molecule has 0 amide bonds. The van der Waals surface area contributed by atoms with E-state index in [9.17, 15) is 4.79 Å². The molecule has 3 nitrogen and oxygen atoms in total. The van der Waals surface area contributed by atoms with Gasteiger partial charge in [0.2, 0.25) is 0 Å². The first-order chi connectivity index (χ1) is 8.25. The van der Waals surface area contributed by atoms with E-state index in [0.29, 0.717) is 11.1 Å². The van der Waals surface area contributed by atoms with E-state index in [1.807, 2.05) is 22.8 Å². The Morgan fingerprint density at radius 2 is 2.00 bits per heavy atom. The van der Waals surface area contributed by atoms with Crippen LogP contribution in [-0.4, -0.2) is 9.55 Å². The maximum absolute atomic E-state index is 12.0. The average Bonchev–Trinajstić information content (AvgIpc) is 2.65. The number of hydrogen-bond donors (Lipinski definition) is 1. The number of benzene rings is 1. The van der Waals surface area contributed by atoms with Crippen molar-refractivity contribution in [2.75, 3.05) is 0 Å². The first-order valence-corrected chi connectivity index (χ1v) is 6.53. The Balaban J connectivity index is 2.16. The smallest absolute Gasteiger partial charge is 0.306 e. The Bertz CT molecular complexity index is 593. The number of imidazole rings is 1. The van der Waals surface area contributed by atoms with E-state index >= 15 is 0 Å². The highest BCUT2D eigenvalue weighted by Gasteiger charge is 2.19. The summed E-state index contributed by atoms with van der Waals surface area (Å²) in [6.07, 6.45) is 5.90. The van der Waals surface area contributed by atoms with Crippen molar-refractivity contribution >= 4 is 22.6 Å². The zero-order chi connectivity index (χ0) is 11.8.